The number of ketones is 1. The molecule has 0 fully saturated rings. The van der Waals surface area contributed by atoms with Crippen LogP contribution in [0.1, 0.15) is 28.7 Å². The number of carbonyl (C=O) groups excluding carboxylic acids is 2. The zero-order chi connectivity index (χ0) is 17.1. The molecular weight excluding hydrogens is 306 g/mol. The van der Waals surface area contributed by atoms with Crippen LogP contribution in [0.2, 0.25) is 0 Å². The molecule has 0 aliphatic rings. The van der Waals surface area contributed by atoms with Crippen LogP contribution in [0.4, 0.5) is 0 Å². The lowest BCUT2D eigenvalue weighted by molar-refractivity contribution is -0.140. The van der Waals surface area contributed by atoms with Crippen molar-refractivity contribution in [2.75, 3.05) is 0 Å². The number of Topliss-reactive ketones (excluding diaryl/α,β-unsaturated/α-hetero) is 1. The maximum absolute atomic E-state index is 12.7. The van der Waals surface area contributed by atoms with Gasteiger partial charge in [0.25, 0.3) is 0 Å². The second kappa shape index (κ2) is 6.58. The molecule has 0 saturated carbocycles. The van der Waals surface area contributed by atoms with Gasteiger partial charge in [0.05, 0.1) is 6.26 Å². The van der Waals surface area contributed by atoms with Crippen molar-refractivity contribution < 1.29 is 18.7 Å². The summed E-state index contributed by atoms with van der Waals surface area (Å²) in [6, 6.07) is 11.0. The van der Waals surface area contributed by atoms with Gasteiger partial charge in [-0.15, -0.1) is 0 Å². The van der Waals surface area contributed by atoms with Crippen molar-refractivity contribution in [3.05, 3.63) is 65.8 Å². The van der Waals surface area contributed by atoms with Crippen LogP contribution in [0.3, 0.4) is 0 Å². The number of fused-ring (bicyclic) bond motifs is 1. The van der Waals surface area contributed by atoms with E-state index < -0.39 is 12.1 Å². The Bertz CT molecular complexity index is 903. The van der Waals surface area contributed by atoms with E-state index in [-0.39, 0.29) is 5.78 Å². The number of H-pyrrole nitrogens is 1. The highest BCUT2D eigenvalue weighted by Crippen LogP contribution is 2.23. The van der Waals surface area contributed by atoms with Crippen molar-refractivity contribution in [3.8, 4) is 0 Å². The van der Waals surface area contributed by atoms with E-state index in [1.165, 1.54) is 18.4 Å². The Balaban J connectivity index is 1.74. The first-order valence-electron chi connectivity index (χ1n) is 7.60. The Hall–Kier alpha value is -3.08. The van der Waals surface area contributed by atoms with Gasteiger partial charge in [0, 0.05) is 28.2 Å². The highest BCUT2D eigenvalue weighted by molar-refractivity contribution is 6.11. The van der Waals surface area contributed by atoms with Crippen molar-refractivity contribution >= 4 is 28.7 Å². The number of para-hydroxylation sites is 1. The summed E-state index contributed by atoms with van der Waals surface area (Å²) in [5.74, 6) is -0.284. The molecule has 1 N–H and O–H groups in total. The fourth-order valence-corrected chi connectivity index (χ4v) is 2.60. The number of carbonyl (C=O) groups is 2. The number of aromatic amines is 1. The van der Waals surface area contributed by atoms with E-state index in [9.17, 15) is 9.59 Å². The van der Waals surface area contributed by atoms with E-state index in [2.05, 4.69) is 4.98 Å². The van der Waals surface area contributed by atoms with E-state index in [4.69, 9.17) is 9.15 Å². The average molecular weight is 323 g/mol. The number of furan rings is 1. The Morgan fingerprint density at radius 3 is 2.75 bits per heavy atom. The predicted octanol–water partition coefficient (Wildman–Crippen LogP) is 3.90. The average Bonchev–Trinajstić information content (AvgIpc) is 3.18. The molecule has 0 aliphatic heterocycles. The number of ether oxygens (including phenoxy) is 1. The molecule has 1 atom stereocenters. The monoisotopic (exact) mass is 323 g/mol. The van der Waals surface area contributed by atoms with Gasteiger partial charge in [-0.05, 0) is 38.1 Å². The number of hydrogen-bond acceptors (Lipinski definition) is 4. The van der Waals surface area contributed by atoms with Gasteiger partial charge in [0.1, 0.15) is 5.76 Å². The summed E-state index contributed by atoms with van der Waals surface area (Å²) < 4.78 is 10.3. The molecule has 3 aromatic rings. The predicted molar refractivity (Wildman–Crippen MR) is 90.7 cm³/mol. The van der Waals surface area contributed by atoms with E-state index in [1.807, 2.05) is 31.2 Å². The summed E-state index contributed by atoms with van der Waals surface area (Å²) in [5.41, 5.74) is 2.20. The minimum Gasteiger partial charge on any atom is -0.465 e. The molecule has 2 aromatic heterocycles. The lowest BCUT2D eigenvalue weighted by Gasteiger charge is -2.11. The van der Waals surface area contributed by atoms with Crippen LogP contribution in [0, 0.1) is 6.92 Å². The topological polar surface area (TPSA) is 72.3 Å². The Morgan fingerprint density at radius 1 is 1.21 bits per heavy atom. The number of nitrogens with one attached hydrogen (secondary N) is 1. The summed E-state index contributed by atoms with van der Waals surface area (Å²) in [6.45, 7) is 3.40. The molecule has 0 saturated heterocycles. The number of aromatic nitrogens is 1. The molecule has 5 nitrogen and oxygen atoms in total. The van der Waals surface area contributed by atoms with Crippen LogP contribution < -0.4 is 0 Å². The van der Waals surface area contributed by atoms with Crippen molar-refractivity contribution in [1.82, 2.24) is 4.98 Å². The van der Waals surface area contributed by atoms with E-state index >= 15 is 0 Å². The molecule has 1 aromatic carbocycles. The first-order valence-corrected chi connectivity index (χ1v) is 7.60. The van der Waals surface area contributed by atoms with E-state index in [0.717, 1.165) is 16.6 Å². The summed E-state index contributed by atoms with van der Waals surface area (Å²) in [4.78, 5) is 27.7. The normalized spacial score (nSPS) is 12.6. The van der Waals surface area contributed by atoms with Gasteiger partial charge in [-0.25, -0.2) is 4.79 Å². The molecule has 0 unspecified atom stereocenters. The smallest absolute Gasteiger partial charge is 0.331 e. The second-order valence-corrected chi connectivity index (χ2v) is 5.46. The lowest BCUT2D eigenvalue weighted by Crippen LogP contribution is -2.24. The van der Waals surface area contributed by atoms with Gasteiger partial charge in [0.2, 0.25) is 5.78 Å². The Labute approximate surface area is 138 Å². The minimum atomic E-state index is -0.878. The number of esters is 1. The number of hydrogen-bond donors (Lipinski definition) is 1. The Kier molecular flexibility index (Phi) is 4.33. The number of benzene rings is 1. The molecule has 122 valence electrons. The third-order valence-electron chi connectivity index (χ3n) is 3.73. The largest absolute Gasteiger partial charge is 0.465 e. The van der Waals surface area contributed by atoms with Crippen molar-refractivity contribution in [2.24, 2.45) is 0 Å². The van der Waals surface area contributed by atoms with Crippen molar-refractivity contribution in [1.29, 1.82) is 0 Å². The summed E-state index contributed by atoms with van der Waals surface area (Å²) in [6.07, 6.45) is 3.37. The fourth-order valence-electron chi connectivity index (χ4n) is 2.60. The maximum atomic E-state index is 12.7. The standard InChI is InChI=1S/C19H17NO4/c1-12-18(15-7-3-4-8-16(15)20-12)19(22)13(2)24-17(21)10-9-14-6-5-11-23-14/h3-11,13,20H,1-2H3/b10-9+/t13-/m1/s1. The first kappa shape index (κ1) is 15.8. The van der Waals surface area contributed by atoms with Crippen molar-refractivity contribution in [2.45, 2.75) is 20.0 Å². The number of rotatable bonds is 5. The van der Waals surface area contributed by atoms with Crippen LogP contribution >= 0.6 is 0 Å². The molecule has 5 heteroatoms. The SMILES string of the molecule is Cc1[nH]c2ccccc2c1C(=O)[C@@H](C)OC(=O)/C=C/c1ccco1. The first-order chi connectivity index (χ1) is 11.6. The summed E-state index contributed by atoms with van der Waals surface area (Å²) >= 11 is 0. The molecule has 0 aliphatic carbocycles. The number of aryl methyl sites for hydroxylation is 1. The molecule has 0 spiro atoms. The minimum absolute atomic E-state index is 0.232. The summed E-state index contributed by atoms with van der Waals surface area (Å²) in [5, 5.41) is 0.828. The van der Waals surface area contributed by atoms with Crippen LogP contribution in [-0.2, 0) is 9.53 Å². The molecule has 0 radical (unpaired) electrons. The van der Waals surface area contributed by atoms with E-state index in [1.54, 1.807) is 19.1 Å². The molecule has 3 rings (SSSR count). The zero-order valence-electron chi connectivity index (χ0n) is 13.4. The maximum Gasteiger partial charge on any atom is 0.331 e. The second-order valence-electron chi connectivity index (χ2n) is 5.46. The van der Waals surface area contributed by atoms with Gasteiger partial charge in [-0.1, -0.05) is 18.2 Å². The molecule has 0 amide bonds. The molecule has 2 heterocycles. The van der Waals surface area contributed by atoms with E-state index in [0.29, 0.717) is 11.3 Å². The quantitative estimate of drug-likeness (QED) is 0.439. The van der Waals surface area contributed by atoms with Gasteiger partial charge < -0.3 is 14.1 Å². The van der Waals surface area contributed by atoms with Gasteiger partial charge in [-0.3, -0.25) is 4.79 Å². The van der Waals surface area contributed by atoms with Gasteiger partial charge in [0.15, 0.2) is 6.10 Å². The van der Waals surface area contributed by atoms with Crippen LogP contribution in [0.15, 0.2) is 53.2 Å². The van der Waals surface area contributed by atoms with Gasteiger partial charge in [-0.2, -0.15) is 0 Å². The molecular formula is C19H17NO4. The molecule has 0 bridgehead atoms. The van der Waals surface area contributed by atoms with Gasteiger partial charge >= 0.3 is 5.97 Å². The van der Waals surface area contributed by atoms with Crippen molar-refractivity contribution in [3.63, 3.8) is 0 Å². The fraction of sp³-hybridized carbons (Fsp3) is 0.158. The third kappa shape index (κ3) is 3.15. The Morgan fingerprint density at radius 2 is 2.00 bits per heavy atom. The van der Waals surface area contributed by atoms with Crippen LogP contribution in [-0.4, -0.2) is 22.8 Å². The summed E-state index contributed by atoms with van der Waals surface area (Å²) in [7, 11) is 0. The highest BCUT2D eigenvalue weighted by atomic mass is 16.5. The third-order valence-corrected chi connectivity index (χ3v) is 3.73. The highest BCUT2D eigenvalue weighted by Gasteiger charge is 2.23. The lowest BCUT2D eigenvalue weighted by atomic mass is 10.0. The zero-order valence-corrected chi connectivity index (χ0v) is 13.4. The molecule has 24 heavy (non-hydrogen) atoms. The van der Waals surface area contributed by atoms with Crippen LogP contribution in [0.5, 0.6) is 0 Å². The van der Waals surface area contributed by atoms with Crippen LogP contribution in [0.25, 0.3) is 17.0 Å².